The summed E-state index contributed by atoms with van der Waals surface area (Å²) in [6, 6.07) is 16.3. The lowest BCUT2D eigenvalue weighted by atomic mass is 9.94. The number of pyridine rings is 1. The summed E-state index contributed by atoms with van der Waals surface area (Å²) in [7, 11) is 1.32. The van der Waals surface area contributed by atoms with Crippen LogP contribution in [0.1, 0.15) is 22.7 Å². The number of hydrogen-bond donors (Lipinski definition) is 0. The fourth-order valence-corrected chi connectivity index (χ4v) is 6.93. The Bertz CT molecular complexity index is 1590. The molecule has 1 unspecified atom stereocenters. The average molecular weight is 554 g/mol. The van der Waals surface area contributed by atoms with E-state index >= 15 is 4.39 Å². The number of thioether (sulfide) groups is 2. The van der Waals surface area contributed by atoms with Gasteiger partial charge in [0.2, 0.25) is 5.12 Å². The van der Waals surface area contributed by atoms with E-state index in [0.717, 1.165) is 16.7 Å². The molecule has 0 radical (unpaired) electrons. The minimum absolute atomic E-state index is 0.00350. The lowest BCUT2D eigenvalue weighted by molar-refractivity contribution is -0.113. The van der Waals surface area contributed by atoms with Crippen LogP contribution >= 0.6 is 23.5 Å². The van der Waals surface area contributed by atoms with Gasteiger partial charge in [-0.05, 0) is 60.1 Å². The second kappa shape index (κ2) is 10.7. The fourth-order valence-electron chi connectivity index (χ4n) is 4.61. The molecule has 3 aromatic carbocycles. The number of halogens is 3. The van der Waals surface area contributed by atoms with E-state index in [1.54, 1.807) is 25.1 Å². The van der Waals surface area contributed by atoms with Gasteiger partial charge >= 0.3 is 0 Å². The number of hydrogen-bond acceptors (Lipinski definition) is 5. The number of benzene rings is 3. The molecule has 0 spiro atoms. The van der Waals surface area contributed by atoms with Gasteiger partial charge in [0.25, 0.3) is 5.56 Å². The van der Waals surface area contributed by atoms with E-state index in [-0.39, 0.29) is 39.7 Å². The standard InChI is InChI=1S/C29H22F3NO3S2/c1-16-19(14-20-21(30)11-7-12-22(20)31)28-33(23(15-37-28)29(35)38-17-8-4-3-5-9-17)27(34)25(16)18-10-6-13-24(36-2)26(18)32/h3-13,23H,14-15H2,1-2H3. The van der Waals surface area contributed by atoms with Crippen LogP contribution < -0.4 is 10.3 Å². The van der Waals surface area contributed by atoms with E-state index in [1.807, 2.05) is 18.2 Å². The van der Waals surface area contributed by atoms with Crippen LogP contribution in [-0.2, 0) is 11.2 Å². The molecule has 5 rings (SSSR count). The van der Waals surface area contributed by atoms with Gasteiger partial charge in [0.05, 0.1) is 17.7 Å². The highest BCUT2D eigenvalue weighted by Crippen LogP contribution is 2.42. The Morgan fingerprint density at radius 3 is 2.37 bits per heavy atom. The topological polar surface area (TPSA) is 48.3 Å². The Balaban J connectivity index is 1.72. The molecule has 194 valence electrons. The summed E-state index contributed by atoms with van der Waals surface area (Å²) in [6.07, 6.45) is -0.168. The molecule has 0 saturated heterocycles. The number of methoxy groups -OCH3 is 1. The molecule has 1 aliphatic heterocycles. The predicted octanol–water partition coefficient (Wildman–Crippen LogP) is 6.81. The van der Waals surface area contributed by atoms with Gasteiger partial charge in [-0.3, -0.25) is 14.2 Å². The van der Waals surface area contributed by atoms with Gasteiger partial charge in [0.15, 0.2) is 11.6 Å². The average Bonchev–Trinajstić information content (AvgIpc) is 3.35. The van der Waals surface area contributed by atoms with Crippen LogP contribution in [0.4, 0.5) is 13.2 Å². The molecule has 0 N–H and O–H groups in total. The first-order valence-corrected chi connectivity index (χ1v) is 13.5. The summed E-state index contributed by atoms with van der Waals surface area (Å²) in [6.45, 7) is 1.64. The smallest absolute Gasteiger partial charge is 0.260 e. The van der Waals surface area contributed by atoms with Crippen molar-refractivity contribution in [3.8, 4) is 16.9 Å². The molecule has 1 aromatic heterocycles. The zero-order valence-corrected chi connectivity index (χ0v) is 22.1. The first-order valence-electron chi connectivity index (χ1n) is 11.7. The first-order chi connectivity index (χ1) is 18.3. The van der Waals surface area contributed by atoms with Gasteiger partial charge in [0, 0.05) is 28.2 Å². The third-order valence-electron chi connectivity index (χ3n) is 6.53. The molecule has 2 heterocycles. The number of nitrogens with zero attached hydrogens (tertiary/aromatic N) is 1. The van der Waals surface area contributed by atoms with E-state index in [1.165, 1.54) is 53.8 Å². The van der Waals surface area contributed by atoms with Crippen LogP contribution in [0.25, 0.3) is 11.1 Å². The van der Waals surface area contributed by atoms with Crippen molar-refractivity contribution in [3.05, 3.63) is 111 Å². The van der Waals surface area contributed by atoms with Gasteiger partial charge in [0.1, 0.15) is 17.7 Å². The summed E-state index contributed by atoms with van der Waals surface area (Å²) in [4.78, 5) is 28.1. The molecule has 1 atom stereocenters. The molecule has 0 saturated carbocycles. The van der Waals surface area contributed by atoms with Crippen LogP contribution in [0.5, 0.6) is 5.75 Å². The third-order valence-corrected chi connectivity index (χ3v) is 8.71. The lowest BCUT2D eigenvalue weighted by Crippen LogP contribution is -2.30. The monoisotopic (exact) mass is 553 g/mol. The molecular formula is C29H22F3NO3S2. The zero-order chi connectivity index (χ0) is 27.0. The van der Waals surface area contributed by atoms with E-state index in [9.17, 15) is 18.4 Å². The zero-order valence-electron chi connectivity index (χ0n) is 20.5. The van der Waals surface area contributed by atoms with Gasteiger partial charge in [-0.25, -0.2) is 13.2 Å². The predicted molar refractivity (Wildman–Crippen MR) is 144 cm³/mol. The van der Waals surface area contributed by atoms with Crippen LogP contribution in [-0.4, -0.2) is 22.5 Å². The summed E-state index contributed by atoms with van der Waals surface area (Å²) in [5.74, 6) is -1.96. The Morgan fingerprint density at radius 1 is 1.00 bits per heavy atom. The normalized spacial score (nSPS) is 14.4. The maximum absolute atomic E-state index is 15.4. The van der Waals surface area contributed by atoms with Crippen molar-refractivity contribution in [1.82, 2.24) is 4.57 Å². The fraction of sp³-hybridized carbons (Fsp3) is 0.172. The van der Waals surface area contributed by atoms with Crippen molar-refractivity contribution in [2.24, 2.45) is 0 Å². The highest BCUT2D eigenvalue weighted by molar-refractivity contribution is 8.13. The maximum Gasteiger partial charge on any atom is 0.260 e. The number of ether oxygens (including phenoxy) is 1. The van der Waals surface area contributed by atoms with Crippen molar-refractivity contribution in [2.45, 2.75) is 29.3 Å². The summed E-state index contributed by atoms with van der Waals surface area (Å²) in [5, 5.41) is 0.197. The summed E-state index contributed by atoms with van der Waals surface area (Å²) >= 11 is 2.30. The van der Waals surface area contributed by atoms with Gasteiger partial charge in [-0.2, -0.15) is 0 Å². The van der Waals surface area contributed by atoms with E-state index < -0.39 is 29.1 Å². The number of carbonyl (C=O) groups excluding carboxylic acids is 1. The van der Waals surface area contributed by atoms with Crippen molar-refractivity contribution in [3.63, 3.8) is 0 Å². The highest BCUT2D eigenvalue weighted by atomic mass is 32.2. The Hall–Kier alpha value is -3.43. The van der Waals surface area contributed by atoms with E-state index in [0.29, 0.717) is 16.2 Å². The number of rotatable bonds is 6. The molecule has 0 bridgehead atoms. The van der Waals surface area contributed by atoms with Gasteiger partial charge < -0.3 is 4.74 Å². The van der Waals surface area contributed by atoms with Crippen molar-refractivity contribution in [2.75, 3.05) is 12.9 Å². The minimum Gasteiger partial charge on any atom is -0.494 e. The van der Waals surface area contributed by atoms with Gasteiger partial charge in [-0.1, -0.05) is 36.4 Å². The Morgan fingerprint density at radius 2 is 1.68 bits per heavy atom. The number of carbonyl (C=O) groups is 1. The van der Waals surface area contributed by atoms with Crippen molar-refractivity contribution in [1.29, 1.82) is 0 Å². The largest absolute Gasteiger partial charge is 0.494 e. The second-order valence-corrected chi connectivity index (χ2v) is 10.8. The number of fused-ring (bicyclic) bond motifs is 1. The second-order valence-electron chi connectivity index (χ2n) is 8.72. The SMILES string of the molecule is COc1cccc(-c2c(C)c(Cc3c(F)cccc3F)c3n(c2=O)C(C(=O)Sc2ccccc2)CS3)c1F. The Kier molecular flexibility index (Phi) is 7.40. The van der Waals surface area contributed by atoms with Crippen LogP contribution in [0.3, 0.4) is 0 Å². The quantitative estimate of drug-likeness (QED) is 0.246. The molecule has 0 aliphatic carbocycles. The number of aromatic nitrogens is 1. The molecule has 9 heteroatoms. The van der Waals surface area contributed by atoms with Crippen LogP contribution in [0.15, 0.2) is 81.4 Å². The molecule has 4 nitrogen and oxygen atoms in total. The third kappa shape index (κ3) is 4.65. The molecular weight excluding hydrogens is 531 g/mol. The molecule has 0 fully saturated rings. The van der Waals surface area contributed by atoms with Gasteiger partial charge in [-0.15, -0.1) is 11.8 Å². The lowest BCUT2D eigenvalue weighted by Gasteiger charge is -2.20. The first kappa shape index (κ1) is 26.2. The molecule has 38 heavy (non-hydrogen) atoms. The highest BCUT2D eigenvalue weighted by Gasteiger charge is 2.35. The summed E-state index contributed by atoms with van der Waals surface area (Å²) < 4.78 is 51.3. The summed E-state index contributed by atoms with van der Waals surface area (Å²) in [5.41, 5.74) is 0.184. The Labute approximate surface area is 225 Å². The van der Waals surface area contributed by atoms with E-state index in [4.69, 9.17) is 4.74 Å². The van der Waals surface area contributed by atoms with Crippen LogP contribution in [0, 0.1) is 24.4 Å². The molecule has 1 aliphatic rings. The van der Waals surface area contributed by atoms with Crippen molar-refractivity contribution < 1.29 is 22.7 Å². The molecule has 4 aromatic rings. The van der Waals surface area contributed by atoms with Crippen molar-refractivity contribution >= 4 is 28.6 Å². The molecule has 0 amide bonds. The van der Waals surface area contributed by atoms with E-state index in [2.05, 4.69) is 0 Å². The maximum atomic E-state index is 15.4. The minimum atomic E-state index is -0.843. The van der Waals surface area contributed by atoms with Crippen LogP contribution in [0.2, 0.25) is 0 Å².